The van der Waals surface area contributed by atoms with E-state index in [1.54, 1.807) is 0 Å². The van der Waals surface area contributed by atoms with Crippen LogP contribution in [0.25, 0.3) is 0 Å². The summed E-state index contributed by atoms with van der Waals surface area (Å²) in [6.07, 6.45) is 0. The summed E-state index contributed by atoms with van der Waals surface area (Å²) in [6, 6.07) is 0. The number of rotatable bonds is 6. The molecule has 0 unspecified atom stereocenters. The minimum Gasteiger partial charge on any atom is -0.725 e. The fourth-order valence-electron chi connectivity index (χ4n) is 0.306. The van der Waals surface area contributed by atoms with Crippen LogP contribution in [0.3, 0.4) is 0 Å². The Balaban J connectivity index is -0.000000152. The van der Waals surface area contributed by atoms with Crippen LogP contribution in [0.4, 0.5) is 0 Å². The van der Waals surface area contributed by atoms with E-state index >= 15 is 0 Å². The third kappa shape index (κ3) is 50.2. The standard InChI is InChI=1S/Mo.3H2O7S2/c;3*1-8(2,3)7-9(4,5)6/h;3*(H,1,2,3)(H,4,5,6)/p-6. The third-order valence-electron chi connectivity index (χ3n) is 0.500. The predicted molar refractivity (Wildman–Crippen MR) is 61.4 cm³/mol. The summed E-state index contributed by atoms with van der Waals surface area (Å²) >= 11 is 0. The molecule has 0 saturated heterocycles. The van der Waals surface area contributed by atoms with Gasteiger partial charge in [-0.3, -0.25) is 0 Å². The Morgan fingerprint density at radius 3 is 0.393 bits per heavy atom. The second-order valence-corrected chi connectivity index (χ2v) is 9.19. The molecule has 0 aliphatic heterocycles. The molecule has 28 heavy (non-hydrogen) atoms. The quantitative estimate of drug-likeness (QED) is 0.151. The molecule has 0 aromatic heterocycles. The summed E-state index contributed by atoms with van der Waals surface area (Å²) in [6.45, 7) is 0. The molecule has 0 N–H and O–H groups in total. The largest absolute Gasteiger partial charge is 0.725 e. The topological polar surface area (TPSA) is 371 Å². The van der Waals surface area contributed by atoms with Crippen LogP contribution in [0.1, 0.15) is 0 Å². The minimum atomic E-state index is -5.43. The van der Waals surface area contributed by atoms with Crippen molar-refractivity contribution in [3.05, 3.63) is 0 Å². The van der Waals surface area contributed by atoms with Crippen molar-refractivity contribution in [2.45, 2.75) is 0 Å². The van der Waals surface area contributed by atoms with Crippen LogP contribution < -0.4 is 0 Å². The van der Waals surface area contributed by atoms with Gasteiger partial charge in [0, 0.05) is 21.1 Å². The van der Waals surface area contributed by atoms with Crippen LogP contribution in [0, 0.1) is 0 Å². The molecule has 0 fully saturated rings. The summed E-state index contributed by atoms with van der Waals surface area (Å²) in [7, 11) is -32.6. The summed E-state index contributed by atoms with van der Waals surface area (Å²) in [5, 5.41) is 0. The van der Waals surface area contributed by atoms with Gasteiger partial charge in [-0.1, -0.05) is 0 Å². The third-order valence-corrected chi connectivity index (χ3v) is 4.50. The Labute approximate surface area is 171 Å². The maximum atomic E-state index is 9.29. The second-order valence-electron chi connectivity index (χ2n) is 2.65. The Morgan fingerprint density at radius 1 is 0.321 bits per heavy atom. The normalized spacial score (nSPS) is 13.1. The van der Waals surface area contributed by atoms with Crippen LogP contribution in [0.5, 0.6) is 0 Å². The van der Waals surface area contributed by atoms with Gasteiger partial charge in [0.25, 0.3) is 0 Å². The van der Waals surface area contributed by atoms with Crippen LogP contribution in [-0.4, -0.2) is 77.8 Å². The molecule has 0 rings (SSSR count). The average molecular weight is 624 g/mol. The van der Waals surface area contributed by atoms with Gasteiger partial charge in [0.15, 0.2) is 0 Å². The molecular formula is MoO21S6-6. The average Bonchev–Trinajstić information content (AvgIpc) is 1.96. The molecule has 0 aliphatic carbocycles. The Morgan fingerprint density at radius 2 is 0.393 bits per heavy atom. The van der Waals surface area contributed by atoms with Crippen molar-refractivity contribution in [1.29, 1.82) is 0 Å². The molecule has 0 aromatic carbocycles. The van der Waals surface area contributed by atoms with Gasteiger partial charge in [-0.15, -0.1) is 0 Å². The first kappa shape index (κ1) is 35.5. The van der Waals surface area contributed by atoms with Crippen molar-refractivity contribution >= 4 is 62.4 Å². The van der Waals surface area contributed by atoms with Gasteiger partial charge in [-0.2, -0.15) is 10.9 Å². The Hall–Kier alpha value is 0.0283. The fraction of sp³-hybridized carbons (Fsp3) is 0. The zero-order valence-corrected chi connectivity index (χ0v) is 18.3. The van der Waals surface area contributed by atoms with E-state index in [9.17, 15) is 77.8 Å². The zero-order valence-electron chi connectivity index (χ0n) is 11.4. The van der Waals surface area contributed by atoms with Crippen molar-refractivity contribution in [3.8, 4) is 0 Å². The summed E-state index contributed by atoms with van der Waals surface area (Å²) < 4.78 is 175. The SMILES string of the molecule is O=S(=O)([O-])OS(=O)(=O)[O-].O=S(=O)([O-])OS(=O)(=O)[O-].O=S(=O)([O-])OS(=O)(=O)[O-].[Mo]. The van der Waals surface area contributed by atoms with E-state index in [1.165, 1.54) is 0 Å². The molecule has 0 atom stereocenters. The van der Waals surface area contributed by atoms with Crippen LogP contribution in [0.2, 0.25) is 0 Å². The van der Waals surface area contributed by atoms with Gasteiger partial charge in [-0.05, 0) is 0 Å². The van der Waals surface area contributed by atoms with Gasteiger partial charge in [-0.25, -0.2) is 50.5 Å². The van der Waals surface area contributed by atoms with Crippen LogP contribution in [-0.2, 0) is 94.3 Å². The molecule has 0 aliphatic rings. The molecule has 0 spiro atoms. The minimum absolute atomic E-state index is 0. The maximum absolute atomic E-state index is 9.29. The van der Waals surface area contributed by atoms with Crippen molar-refractivity contribution in [2.24, 2.45) is 0 Å². The molecular weight excluding hydrogens is 624 g/mol. The van der Waals surface area contributed by atoms with Crippen molar-refractivity contribution in [2.75, 3.05) is 0 Å². The maximum Gasteiger partial charge on any atom is 0.231 e. The Kier molecular flexibility index (Phi) is 15.2. The van der Waals surface area contributed by atoms with E-state index in [1.807, 2.05) is 0 Å². The first-order chi connectivity index (χ1) is 11.1. The van der Waals surface area contributed by atoms with E-state index in [0.717, 1.165) is 0 Å². The van der Waals surface area contributed by atoms with E-state index in [2.05, 4.69) is 10.9 Å². The van der Waals surface area contributed by atoms with Crippen LogP contribution in [0.15, 0.2) is 0 Å². The molecule has 0 bridgehead atoms. The smallest absolute Gasteiger partial charge is 0.231 e. The van der Waals surface area contributed by atoms with Crippen molar-refractivity contribution < 1.29 is 110 Å². The predicted octanol–water partition coefficient (Wildman–Crippen LogP) is -6.23. The molecule has 28 heteroatoms. The summed E-state index contributed by atoms with van der Waals surface area (Å²) in [4.78, 5) is 0. The molecule has 0 amide bonds. The first-order valence-electron chi connectivity index (χ1n) is 4.00. The van der Waals surface area contributed by atoms with Gasteiger partial charge >= 0.3 is 0 Å². The van der Waals surface area contributed by atoms with Crippen LogP contribution >= 0.6 is 0 Å². The second kappa shape index (κ2) is 12.0. The number of hydrogen-bond donors (Lipinski definition) is 0. The van der Waals surface area contributed by atoms with Gasteiger partial charge < -0.3 is 27.3 Å². The van der Waals surface area contributed by atoms with E-state index in [4.69, 9.17) is 0 Å². The summed E-state index contributed by atoms with van der Waals surface area (Å²) in [5.74, 6) is 0. The van der Waals surface area contributed by atoms with E-state index < -0.39 is 62.4 Å². The van der Waals surface area contributed by atoms with Crippen molar-refractivity contribution in [1.82, 2.24) is 0 Å². The van der Waals surface area contributed by atoms with E-state index in [0.29, 0.717) is 0 Å². The van der Waals surface area contributed by atoms with Gasteiger partial charge in [0.05, 0.1) is 0 Å². The monoisotopic (exact) mass is 626 g/mol. The first-order valence-corrected chi connectivity index (χ1v) is 12.0. The molecule has 0 heterocycles. The van der Waals surface area contributed by atoms with Gasteiger partial charge in [0.2, 0.25) is 62.4 Å². The van der Waals surface area contributed by atoms with E-state index in [-0.39, 0.29) is 21.1 Å². The zero-order chi connectivity index (χ0) is 23.1. The molecule has 0 radical (unpaired) electrons. The molecule has 0 aromatic rings. The Bertz CT molecular complexity index is 850. The summed E-state index contributed by atoms with van der Waals surface area (Å²) in [5.41, 5.74) is 0. The number of hydrogen-bond acceptors (Lipinski definition) is 21. The van der Waals surface area contributed by atoms with Crippen molar-refractivity contribution in [3.63, 3.8) is 0 Å². The molecule has 21 nitrogen and oxygen atoms in total. The fourth-order valence-corrected chi connectivity index (χ4v) is 2.76. The molecule has 0 saturated carbocycles. The molecule has 174 valence electrons. The van der Waals surface area contributed by atoms with Gasteiger partial charge in [0.1, 0.15) is 0 Å².